The van der Waals surface area contributed by atoms with Gasteiger partial charge in [-0.3, -0.25) is 0 Å². The van der Waals surface area contributed by atoms with Crippen molar-refractivity contribution in [1.29, 1.82) is 0 Å². The van der Waals surface area contributed by atoms with Crippen molar-refractivity contribution in [2.75, 3.05) is 19.5 Å². The fourth-order valence-corrected chi connectivity index (χ4v) is 3.25. The Labute approximate surface area is 169 Å². The van der Waals surface area contributed by atoms with Gasteiger partial charge in [-0.2, -0.15) is 5.10 Å². The van der Waals surface area contributed by atoms with Gasteiger partial charge in [-0.25, -0.2) is 14.6 Å². The first kappa shape index (κ1) is 18.7. The quantitative estimate of drug-likeness (QED) is 0.512. The van der Waals surface area contributed by atoms with Crippen LogP contribution in [0.1, 0.15) is 11.4 Å². The van der Waals surface area contributed by atoms with Crippen LogP contribution in [0.5, 0.6) is 11.5 Å². The molecule has 0 spiro atoms. The van der Waals surface area contributed by atoms with Gasteiger partial charge in [0.25, 0.3) is 0 Å². The van der Waals surface area contributed by atoms with Gasteiger partial charge in [0.15, 0.2) is 17.1 Å². The van der Waals surface area contributed by atoms with Crippen molar-refractivity contribution >= 4 is 22.5 Å². The number of aromatic nitrogens is 4. The van der Waals surface area contributed by atoms with Gasteiger partial charge in [-0.05, 0) is 31.0 Å². The molecule has 7 heteroatoms. The summed E-state index contributed by atoms with van der Waals surface area (Å²) in [5.74, 6) is 2.72. The highest BCUT2D eigenvalue weighted by molar-refractivity contribution is 5.88. The fraction of sp³-hybridized carbons (Fsp3) is 0.227. The van der Waals surface area contributed by atoms with Gasteiger partial charge < -0.3 is 14.8 Å². The van der Waals surface area contributed by atoms with Crippen LogP contribution in [0, 0.1) is 6.92 Å². The van der Waals surface area contributed by atoms with E-state index in [4.69, 9.17) is 9.47 Å². The van der Waals surface area contributed by atoms with E-state index in [1.807, 2.05) is 54.2 Å². The molecule has 0 aliphatic rings. The molecule has 29 heavy (non-hydrogen) atoms. The predicted octanol–water partition coefficient (Wildman–Crippen LogP) is 4.14. The smallest absolute Gasteiger partial charge is 0.163 e. The second kappa shape index (κ2) is 8.18. The summed E-state index contributed by atoms with van der Waals surface area (Å²) in [6, 6.07) is 16.0. The lowest BCUT2D eigenvalue weighted by Gasteiger charge is -2.12. The number of hydrogen-bond acceptors (Lipinski definition) is 6. The lowest BCUT2D eigenvalue weighted by molar-refractivity contribution is 0.355. The predicted molar refractivity (Wildman–Crippen MR) is 113 cm³/mol. The Morgan fingerprint density at radius 1 is 0.966 bits per heavy atom. The lowest BCUT2D eigenvalue weighted by atomic mass is 10.1. The Morgan fingerprint density at radius 3 is 2.52 bits per heavy atom. The standard InChI is InChI=1S/C22H23N5O2/c1-15-24-21(26-17-9-10-19(28-2)20(13-17)29-3)18-14-23-27(22(18)25-15)12-11-16-7-5-4-6-8-16/h4-10,13-14H,11-12H2,1-3H3,(H,24,25,26). The monoisotopic (exact) mass is 389 g/mol. The summed E-state index contributed by atoms with van der Waals surface area (Å²) in [4.78, 5) is 9.19. The second-order valence-corrected chi connectivity index (χ2v) is 6.65. The van der Waals surface area contributed by atoms with E-state index in [1.54, 1.807) is 14.2 Å². The molecule has 0 saturated carbocycles. The normalized spacial score (nSPS) is 10.9. The third-order valence-electron chi connectivity index (χ3n) is 4.71. The molecule has 0 radical (unpaired) electrons. The zero-order chi connectivity index (χ0) is 20.2. The van der Waals surface area contributed by atoms with Crippen LogP contribution >= 0.6 is 0 Å². The Hall–Kier alpha value is -3.61. The molecule has 2 heterocycles. The summed E-state index contributed by atoms with van der Waals surface area (Å²) < 4.78 is 12.6. The summed E-state index contributed by atoms with van der Waals surface area (Å²) in [6.07, 6.45) is 2.70. The molecule has 0 fully saturated rings. The van der Waals surface area contributed by atoms with Crippen LogP contribution in [0.2, 0.25) is 0 Å². The third kappa shape index (κ3) is 3.99. The highest BCUT2D eigenvalue weighted by Crippen LogP contribution is 2.32. The SMILES string of the molecule is COc1ccc(Nc2nc(C)nc3c2cnn3CCc2ccccc2)cc1OC. The van der Waals surface area contributed by atoms with E-state index in [9.17, 15) is 0 Å². The minimum atomic E-state index is 0.651. The minimum Gasteiger partial charge on any atom is -0.493 e. The molecule has 7 nitrogen and oxygen atoms in total. The fourth-order valence-electron chi connectivity index (χ4n) is 3.25. The first-order valence-electron chi connectivity index (χ1n) is 9.41. The number of nitrogens with zero attached hydrogens (tertiary/aromatic N) is 4. The van der Waals surface area contributed by atoms with E-state index in [1.165, 1.54) is 5.56 Å². The molecule has 4 rings (SSSR count). The Bertz CT molecular complexity index is 1120. The number of methoxy groups -OCH3 is 2. The molecule has 4 aromatic rings. The number of anilines is 2. The van der Waals surface area contributed by atoms with Crippen LogP contribution in [0.25, 0.3) is 11.0 Å². The van der Waals surface area contributed by atoms with E-state index < -0.39 is 0 Å². The van der Waals surface area contributed by atoms with Crippen LogP contribution in [0.4, 0.5) is 11.5 Å². The number of fused-ring (bicyclic) bond motifs is 1. The van der Waals surface area contributed by atoms with E-state index in [0.717, 1.165) is 29.7 Å². The summed E-state index contributed by atoms with van der Waals surface area (Å²) in [5.41, 5.74) is 2.93. The maximum Gasteiger partial charge on any atom is 0.163 e. The second-order valence-electron chi connectivity index (χ2n) is 6.65. The highest BCUT2D eigenvalue weighted by atomic mass is 16.5. The van der Waals surface area contributed by atoms with Crippen molar-refractivity contribution in [1.82, 2.24) is 19.7 Å². The number of hydrogen-bond donors (Lipinski definition) is 1. The van der Waals surface area contributed by atoms with Crippen molar-refractivity contribution in [2.45, 2.75) is 19.9 Å². The molecule has 0 atom stereocenters. The topological polar surface area (TPSA) is 74.1 Å². The molecule has 148 valence electrons. The Kier molecular flexibility index (Phi) is 5.29. The van der Waals surface area contributed by atoms with Gasteiger partial charge in [-0.1, -0.05) is 30.3 Å². The highest BCUT2D eigenvalue weighted by Gasteiger charge is 2.13. The maximum absolute atomic E-state index is 5.39. The van der Waals surface area contributed by atoms with Gasteiger partial charge >= 0.3 is 0 Å². The molecule has 0 amide bonds. The maximum atomic E-state index is 5.39. The molecular weight excluding hydrogens is 366 g/mol. The average molecular weight is 389 g/mol. The zero-order valence-corrected chi connectivity index (χ0v) is 16.7. The average Bonchev–Trinajstić information content (AvgIpc) is 3.15. The number of ether oxygens (including phenoxy) is 2. The molecule has 0 aliphatic heterocycles. The van der Waals surface area contributed by atoms with Crippen molar-refractivity contribution < 1.29 is 9.47 Å². The zero-order valence-electron chi connectivity index (χ0n) is 16.7. The first-order chi connectivity index (χ1) is 14.2. The molecule has 0 aliphatic carbocycles. The summed E-state index contributed by atoms with van der Waals surface area (Å²) in [7, 11) is 3.23. The molecule has 0 unspecified atom stereocenters. The van der Waals surface area contributed by atoms with Crippen molar-refractivity contribution in [3.8, 4) is 11.5 Å². The van der Waals surface area contributed by atoms with Gasteiger partial charge in [0.1, 0.15) is 11.6 Å². The van der Waals surface area contributed by atoms with Crippen LogP contribution in [0.3, 0.4) is 0 Å². The summed E-state index contributed by atoms with van der Waals surface area (Å²) in [5, 5.41) is 8.78. The van der Waals surface area contributed by atoms with Gasteiger partial charge in [0, 0.05) is 18.3 Å². The van der Waals surface area contributed by atoms with Gasteiger partial charge in [-0.15, -0.1) is 0 Å². The van der Waals surface area contributed by atoms with Crippen molar-refractivity contribution in [2.24, 2.45) is 0 Å². The molecule has 0 bridgehead atoms. The van der Waals surface area contributed by atoms with E-state index in [0.29, 0.717) is 23.1 Å². The van der Waals surface area contributed by atoms with E-state index >= 15 is 0 Å². The Morgan fingerprint density at radius 2 is 1.76 bits per heavy atom. The molecule has 2 aromatic carbocycles. The number of rotatable bonds is 7. The van der Waals surface area contributed by atoms with Crippen LogP contribution in [0.15, 0.2) is 54.7 Å². The first-order valence-corrected chi connectivity index (χ1v) is 9.41. The van der Waals surface area contributed by atoms with Gasteiger partial charge in [0.05, 0.1) is 25.8 Å². The van der Waals surface area contributed by atoms with Crippen LogP contribution in [-0.4, -0.2) is 34.0 Å². The molecule has 0 saturated heterocycles. The summed E-state index contributed by atoms with van der Waals surface area (Å²) >= 11 is 0. The third-order valence-corrected chi connectivity index (χ3v) is 4.71. The molecule has 1 N–H and O–H groups in total. The van der Waals surface area contributed by atoms with Gasteiger partial charge in [0.2, 0.25) is 0 Å². The van der Waals surface area contributed by atoms with E-state index in [2.05, 4.69) is 32.5 Å². The Balaban J connectivity index is 1.63. The lowest BCUT2D eigenvalue weighted by Crippen LogP contribution is -2.06. The van der Waals surface area contributed by atoms with Crippen molar-refractivity contribution in [3.63, 3.8) is 0 Å². The molecule has 2 aromatic heterocycles. The van der Waals surface area contributed by atoms with Crippen molar-refractivity contribution in [3.05, 3.63) is 66.1 Å². The largest absolute Gasteiger partial charge is 0.493 e. The number of benzene rings is 2. The van der Waals surface area contributed by atoms with E-state index in [-0.39, 0.29) is 0 Å². The summed E-state index contributed by atoms with van der Waals surface area (Å²) in [6.45, 7) is 2.63. The minimum absolute atomic E-state index is 0.651. The number of aryl methyl sites for hydroxylation is 3. The number of nitrogens with one attached hydrogen (secondary N) is 1. The van der Waals surface area contributed by atoms with Crippen LogP contribution in [-0.2, 0) is 13.0 Å². The van der Waals surface area contributed by atoms with Crippen LogP contribution < -0.4 is 14.8 Å². The molecular formula is C22H23N5O2.